The Hall–Kier alpha value is -4.38. The number of imidazole rings is 1. The molecule has 0 spiro atoms. The Morgan fingerprint density at radius 1 is 1.00 bits per heavy atom. The second kappa shape index (κ2) is 10.4. The summed E-state index contributed by atoms with van der Waals surface area (Å²) in [5.41, 5.74) is 5.64. The van der Waals surface area contributed by atoms with Crippen LogP contribution in [-0.4, -0.2) is 66.2 Å². The van der Waals surface area contributed by atoms with E-state index in [1.807, 2.05) is 48.2 Å². The predicted molar refractivity (Wildman–Crippen MR) is 144 cm³/mol. The maximum absolute atomic E-state index is 12.9. The molecule has 6 rings (SSSR count). The van der Waals surface area contributed by atoms with Crippen molar-refractivity contribution in [1.29, 1.82) is 0 Å². The summed E-state index contributed by atoms with van der Waals surface area (Å²) in [4.78, 5) is 15.1. The van der Waals surface area contributed by atoms with Gasteiger partial charge in [-0.1, -0.05) is 24.3 Å². The van der Waals surface area contributed by atoms with Crippen LogP contribution in [0.3, 0.4) is 0 Å². The molecule has 0 aliphatic carbocycles. The van der Waals surface area contributed by atoms with Crippen molar-refractivity contribution in [3.63, 3.8) is 0 Å². The Labute approximate surface area is 224 Å². The van der Waals surface area contributed by atoms with Crippen molar-refractivity contribution in [2.75, 3.05) is 31.6 Å². The topological polar surface area (TPSA) is 85.4 Å². The first kappa shape index (κ1) is 24.9. The minimum atomic E-state index is -2.53. The van der Waals surface area contributed by atoms with Crippen LogP contribution in [0.4, 0.5) is 14.6 Å². The van der Waals surface area contributed by atoms with E-state index in [9.17, 15) is 8.78 Å². The molecule has 5 aromatic rings. The van der Waals surface area contributed by atoms with Gasteiger partial charge in [-0.15, -0.1) is 0 Å². The maximum atomic E-state index is 12.9. The summed E-state index contributed by atoms with van der Waals surface area (Å²) in [7, 11) is 1.91. The van der Waals surface area contributed by atoms with Crippen molar-refractivity contribution >= 4 is 11.5 Å². The van der Waals surface area contributed by atoms with Gasteiger partial charge in [-0.2, -0.15) is 5.10 Å². The number of ether oxygens (including phenoxy) is 1. The third-order valence-electron chi connectivity index (χ3n) is 6.68. The van der Waals surface area contributed by atoms with Crippen LogP contribution in [-0.2, 0) is 13.6 Å². The summed E-state index contributed by atoms with van der Waals surface area (Å²) in [5.74, 6) is -1.13. The molecule has 1 fully saturated rings. The lowest BCUT2D eigenvalue weighted by Crippen LogP contribution is -2.56. The van der Waals surface area contributed by atoms with E-state index < -0.39 is 5.92 Å². The van der Waals surface area contributed by atoms with Crippen LogP contribution in [0.2, 0.25) is 0 Å². The molecule has 5 heterocycles. The number of aryl methyl sites for hydroxylation is 1. The van der Waals surface area contributed by atoms with Gasteiger partial charge in [0.25, 0.3) is 5.92 Å². The van der Waals surface area contributed by atoms with Gasteiger partial charge in [-0.25, -0.2) is 23.7 Å². The van der Waals surface area contributed by atoms with Crippen LogP contribution in [0, 0.1) is 0 Å². The van der Waals surface area contributed by atoms with Crippen LogP contribution >= 0.6 is 0 Å². The number of pyridine rings is 1. The van der Waals surface area contributed by atoms with Crippen molar-refractivity contribution in [3.05, 3.63) is 79.1 Å². The molecule has 0 atom stereocenters. The fourth-order valence-electron chi connectivity index (χ4n) is 4.66. The van der Waals surface area contributed by atoms with Crippen LogP contribution in [0.15, 0.2) is 73.6 Å². The number of benzene rings is 1. The number of nitrogens with zero attached hydrogens (tertiary/aromatic N) is 7. The highest BCUT2D eigenvalue weighted by molar-refractivity contribution is 5.64. The number of alkyl halides is 2. The number of hydrogen-bond acceptors (Lipinski definition) is 7. The van der Waals surface area contributed by atoms with Gasteiger partial charge in [0, 0.05) is 50.2 Å². The molecule has 200 valence electrons. The van der Waals surface area contributed by atoms with E-state index >= 15 is 0 Å². The molecule has 1 aliphatic rings. The quantitative estimate of drug-likeness (QED) is 0.266. The molecule has 0 unspecified atom stereocenters. The summed E-state index contributed by atoms with van der Waals surface area (Å²) in [6, 6.07) is 14.0. The van der Waals surface area contributed by atoms with Crippen LogP contribution in [0.5, 0.6) is 5.75 Å². The van der Waals surface area contributed by atoms with Gasteiger partial charge in [0.05, 0.1) is 43.5 Å². The molecule has 1 aromatic carbocycles. The Morgan fingerprint density at radius 2 is 1.85 bits per heavy atom. The lowest BCUT2D eigenvalue weighted by atomic mass is 10.1. The Morgan fingerprint density at radius 3 is 2.62 bits per heavy atom. The zero-order valence-corrected chi connectivity index (χ0v) is 21.5. The number of likely N-dealkylation sites (tertiary alicyclic amines) is 1. The molecule has 39 heavy (non-hydrogen) atoms. The van der Waals surface area contributed by atoms with Crippen molar-refractivity contribution in [1.82, 2.24) is 34.0 Å². The van der Waals surface area contributed by atoms with E-state index in [1.165, 1.54) is 6.33 Å². The first-order valence-corrected chi connectivity index (χ1v) is 12.8. The van der Waals surface area contributed by atoms with Gasteiger partial charge in [-0.05, 0) is 23.6 Å². The molecular formula is C28H28F2N8O. The van der Waals surface area contributed by atoms with Crippen LogP contribution in [0.1, 0.15) is 12.0 Å². The Kier molecular flexibility index (Phi) is 6.65. The number of rotatable bonds is 10. The van der Waals surface area contributed by atoms with Gasteiger partial charge < -0.3 is 10.1 Å². The fourth-order valence-corrected chi connectivity index (χ4v) is 4.66. The molecular weight excluding hydrogens is 502 g/mol. The molecule has 1 saturated heterocycles. The standard InChI is InChI=1S/C28H28F2N8O/c1-36-16-22(14-35-36)21-5-3-20(4-6-21)13-31-26-12-24(33-19-34-26)25-15-32-27-11-23(7-9-38(25)27)39-10-2-8-37-17-28(29,30)18-37/h3-7,9,11-12,14-16,19H,2,8,10,13,17-18H2,1H3,(H,31,33,34). The van der Waals surface area contributed by atoms with E-state index in [0.717, 1.165) is 33.7 Å². The third kappa shape index (κ3) is 5.73. The van der Waals surface area contributed by atoms with E-state index in [1.54, 1.807) is 15.8 Å². The van der Waals surface area contributed by atoms with Gasteiger partial charge in [-0.3, -0.25) is 14.0 Å². The molecule has 0 radical (unpaired) electrons. The molecule has 9 nitrogen and oxygen atoms in total. The summed E-state index contributed by atoms with van der Waals surface area (Å²) in [6.07, 6.45) is 9.73. The number of aromatic nitrogens is 6. The summed E-state index contributed by atoms with van der Waals surface area (Å²) >= 11 is 0. The zero-order chi connectivity index (χ0) is 26.8. The van der Waals surface area contributed by atoms with E-state index in [-0.39, 0.29) is 13.1 Å². The second-order valence-electron chi connectivity index (χ2n) is 9.74. The number of nitrogens with one attached hydrogen (secondary N) is 1. The zero-order valence-electron chi connectivity index (χ0n) is 21.5. The van der Waals surface area contributed by atoms with Gasteiger partial charge in [0.2, 0.25) is 0 Å². The number of hydrogen-bond donors (Lipinski definition) is 1. The first-order valence-electron chi connectivity index (χ1n) is 12.8. The minimum absolute atomic E-state index is 0.157. The molecule has 1 aliphatic heterocycles. The normalized spacial score (nSPS) is 14.8. The van der Waals surface area contributed by atoms with Crippen molar-refractivity contribution < 1.29 is 13.5 Å². The molecule has 0 amide bonds. The highest BCUT2D eigenvalue weighted by Gasteiger charge is 2.43. The fraction of sp³-hybridized carbons (Fsp3) is 0.286. The summed E-state index contributed by atoms with van der Waals surface area (Å²) in [5, 5.41) is 7.60. The molecule has 1 N–H and O–H groups in total. The third-order valence-corrected chi connectivity index (χ3v) is 6.68. The highest BCUT2D eigenvalue weighted by atomic mass is 19.3. The average molecular weight is 531 g/mol. The molecule has 0 bridgehead atoms. The SMILES string of the molecule is Cn1cc(-c2ccc(CNc3cc(-c4cnc5cc(OCCCN6CC(F)(F)C6)ccn45)ncn3)cc2)cn1. The largest absolute Gasteiger partial charge is 0.493 e. The van der Waals surface area contributed by atoms with Gasteiger partial charge >= 0.3 is 0 Å². The van der Waals surface area contributed by atoms with E-state index in [2.05, 4.69) is 49.6 Å². The smallest absolute Gasteiger partial charge is 0.272 e. The van der Waals surface area contributed by atoms with Gasteiger partial charge in [0.1, 0.15) is 23.5 Å². The number of halogens is 2. The molecule has 4 aromatic heterocycles. The second-order valence-corrected chi connectivity index (χ2v) is 9.74. The van der Waals surface area contributed by atoms with Crippen molar-refractivity contribution in [2.24, 2.45) is 7.05 Å². The molecule has 0 saturated carbocycles. The minimum Gasteiger partial charge on any atom is -0.493 e. The van der Waals surface area contributed by atoms with Crippen molar-refractivity contribution in [3.8, 4) is 28.3 Å². The van der Waals surface area contributed by atoms with Crippen molar-refractivity contribution in [2.45, 2.75) is 18.9 Å². The summed E-state index contributed by atoms with van der Waals surface area (Å²) < 4.78 is 35.4. The predicted octanol–water partition coefficient (Wildman–Crippen LogP) is 4.52. The lowest BCUT2D eigenvalue weighted by Gasteiger charge is -2.38. The monoisotopic (exact) mass is 530 g/mol. The average Bonchev–Trinajstić information content (AvgIpc) is 3.55. The van der Waals surface area contributed by atoms with Crippen LogP contribution in [0.25, 0.3) is 28.2 Å². The highest BCUT2D eigenvalue weighted by Crippen LogP contribution is 2.27. The van der Waals surface area contributed by atoms with E-state index in [4.69, 9.17) is 4.74 Å². The number of anilines is 1. The Balaban J connectivity index is 1.06. The van der Waals surface area contributed by atoms with E-state index in [0.29, 0.717) is 37.7 Å². The number of fused-ring (bicyclic) bond motifs is 1. The lowest BCUT2D eigenvalue weighted by molar-refractivity contribution is -0.130. The maximum Gasteiger partial charge on any atom is 0.272 e. The first-order chi connectivity index (χ1) is 18.9. The Bertz CT molecular complexity index is 1570. The van der Waals surface area contributed by atoms with Crippen LogP contribution < -0.4 is 10.1 Å². The van der Waals surface area contributed by atoms with Gasteiger partial charge in [0.15, 0.2) is 0 Å². The summed E-state index contributed by atoms with van der Waals surface area (Å²) in [6.45, 7) is 1.37. The molecule has 11 heteroatoms.